The summed E-state index contributed by atoms with van der Waals surface area (Å²) in [6, 6.07) is 15.5. The van der Waals surface area contributed by atoms with Crippen LogP contribution in [0.3, 0.4) is 0 Å². The van der Waals surface area contributed by atoms with Crippen molar-refractivity contribution in [3.8, 4) is 0 Å². The number of rotatable bonds is 2. The Balaban J connectivity index is 2.17. The summed E-state index contributed by atoms with van der Waals surface area (Å²) in [6.45, 7) is 0. The minimum atomic E-state index is -0.271. The van der Waals surface area contributed by atoms with Crippen LogP contribution >= 0.6 is 11.6 Å². The molecule has 2 nitrogen and oxygen atoms in total. The van der Waals surface area contributed by atoms with Crippen molar-refractivity contribution < 1.29 is 0 Å². The summed E-state index contributed by atoms with van der Waals surface area (Å²) in [5.41, 5.74) is 8.27. The molecule has 0 radical (unpaired) electrons. The summed E-state index contributed by atoms with van der Waals surface area (Å²) in [6.07, 6.45) is 3.66. The molecule has 0 fully saturated rings. The predicted octanol–water partition coefficient (Wildman–Crippen LogP) is 3.94. The third-order valence-corrected chi connectivity index (χ3v) is 3.62. The van der Waals surface area contributed by atoms with E-state index in [1.807, 2.05) is 54.9 Å². The molecule has 0 aliphatic carbocycles. The Morgan fingerprint density at radius 1 is 0.895 bits per heavy atom. The number of aromatic nitrogens is 1. The van der Waals surface area contributed by atoms with Crippen LogP contribution in [0, 0.1) is 0 Å². The van der Waals surface area contributed by atoms with Crippen molar-refractivity contribution in [3.05, 3.63) is 77.1 Å². The van der Waals surface area contributed by atoms with Crippen molar-refractivity contribution in [3.63, 3.8) is 0 Å². The molecule has 2 aromatic carbocycles. The Morgan fingerprint density at radius 2 is 1.63 bits per heavy atom. The fraction of sp³-hybridized carbons (Fsp3) is 0.0625. The van der Waals surface area contributed by atoms with Crippen LogP contribution in [0.25, 0.3) is 10.8 Å². The number of benzene rings is 2. The second-order valence-corrected chi connectivity index (χ2v) is 4.86. The van der Waals surface area contributed by atoms with Gasteiger partial charge in [-0.05, 0) is 22.6 Å². The highest BCUT2D eigenvalue weighted by atomic mass is 35.5. The predicted molar refractivity (Wildman–Crippen MR) is 79.2 cm³/mol. The fourth-order valence-electron chi connectivity index (χ4n) is 2.28. The molecule has 3 heteroatoms. The zero-order chi connectivity index (χ0) is 13.2. The van der Waals surface area contributed by atoms with Crippen LogP contribution < -0.4 is 5.73 Å². The van der Waals surface area contributed by atoms with Gasteiger partial charge in [-0.25, -0.2) is 0 Å². The SMILES string of the molecule is NC(c1ccccc1Cl)c1cncc2ccccc12. The molecule has 0 saturated heterocycles. The van der Waals surface area contributed by atoms with Gasteiger partial charge in [-0.1, -0.05) is 54.1 Å². The lowest BCUT2D eigenvalue weighted by molar-refractivity contribution is 0.874. The number of hydrogen-bond acceptors (Lipinski definition) is 2. The van der Waals surface area contributed by atoms with Crippen molar-refractivity contribution in [1.82, 2.24) is 4.98 Å². The molecule has 2 N–H and O–H groups in total. The molecule has 3 aromatic rings. The number of nitrogens with zero attached hydrogens (tertiary/aromatic N) is 1. The number of fused-ring (bicyclic) bond motifs is 1. The minimum Gasteiger partial charge on any atom is -0.320 e. The zero-order valence-electron chi connectivity index (χ0n) is 10.3. The first-order valence-corrected chi connectivity index (χ1v) is 6.48. The molecule has 19 heavy (non-hydrogen) atoms. The van der Waals surface area contributed by atoms with Gasteiger partial charge in [0.2, 0.25) is 0 Å². The van der Waals surface area contributed by atoms with Gasteiger partial charge in [0.1, 0.15) is 0 Å². The zero-order valence-corrected chi connectivity index (χ0v) is 11.0. The Kier molecular flexibility index (Phi) is 3.20. The van der Waals surface area contributed by atoms with Crippen molar-refractivity contribution in [1.29, 1.82) is 0 Å². The van der Waals surface area contributed by atoms with Crippen molar-refractivity contribution in [2.75, 3.05) is 0 Å². The smallest absolute Gasteiger partial charge is 0.0587 e. The quantitative estimate of drug-likeness (QED) is 0.765. The maximum absolute atomic E-state index is 6.36. The summed E-state index contributed by atoms with van der Waals surface area (Å²) in [5.74, 6) is 0. The normalized spacial score (nSPS) is 12.5. The van der Waals surface area contributed by atoms with Crippen LogP contribution in [0.15, 0.2) is 60.9 Å². The number of hydrogen-bond donors (Lipinski definition) is 1. The van der Waals surface area contributed by atoms with E-state index >= 15 is 0 Å². The number of pyridine rings is 1. The molecule has 3 rings (SSSR count). The number of nitrogens with two attached hydrogens (primary N) is 1. The van der Waals surface area contributed by atoms with Crippen molar-refractivity contribution >= 4 is 22.4 Å². The largest absolute Gasteiger partial charge is 0.320 e. The van der Waals surface area contributed by atoms with E-state index in [9.17, 15) is 0 Å². The molecular formula is C16H13ClN2. The lowest BCUT2D eigenvalue weighted by atomic mass is 9.96. The van der Waals surface area contributed by atoms with Crippen molar-refractivity contribution in [2.45, 2.75) is 6.04 Å². The summed E-state index contributed by atoms with van der Waals surface area (Å²) in [4.78, 5) is 4.27. The van der Waals surface area contributed by atoms with Gasteiger partial charge in [0.25, 0.3) is 0 Å². The van der Waals surface area contributed by atoms with E-state index in [2.05, 4.69) is 11.1 Å². The summed E-state index contributed by atoms with van der Waals surface area (Å²) in [7, 11) is 0. The third-order valence-electron chi connectivity index (χ3n) is 3.27. The topological polar surface area (TPSA) is 38.9 Å². The van der Waals surface area contributed by atoms with Gasteiger partial charge >= 0.3 is 0 Å². The molecule has 1 heterocycles. The van der Waals surface area contributed by atoms with E-state index in [0.717, 1.165) is 21.9 Å². The van der Waals surface area contributed by atoms with E-state index < -0.39 is 0 Å². The van der Waals surface area contributed by atoms with Gasteiger partial charge in [-0.2, -0.15) is 0 Å². The first-order chi connectivity index (χ1) is 9.27. The van der Waals surface area contributed by atoms with Crippen LogP contribution in [0.4, 0.5) is 0 Å². The lowest BCUT2D eigenvalue weighted by Crippen LogP contribution is -2.13. The van der Waals surface area contributed by atoms with Gasteiger partial charge in [-0.3, -0.25) is 4.98 Å². The van der Waals surface area contributed by atoms with E-state index in [1.165, 1.54) is 0 Å². The molecule has 0 aliphatic rings. The molecular weight excluding hydrogens is 256 g/mol. The average molecular weight is 269 g/mol. The van der Waals surface area contributed by atoms with Gasteiger partial charge in [0.05, 0.1) is 6.04 Å². The molecule has 0 amide bonds. The second-order valence-electron chi connectivity index (χ2n) is 4.45. The van der Waals surface area contributed by atoms with Gasteiger partial charge in [-0.15, -0.1) is 0 Å². The maximum Gasteiger partial charge on any atom is 0.0587 e. The van der Waals surface area contributed by atoms with Crippen molar-refractivity contribution in [2.24, 2.45) is 5.73 Å². The second kappa shape index (κ2) is 5.00. The lowest BCUT2D eigenvalue weighted by Gasteiger charge is -2.15. The van der Waals surface area contributed by atoms with E-state index in [0.29, 0.717) is 5.02 Å². The maximum atomic E-state index is 6.36. The van der Waals surface area contributed by atoms with E-state index in [-0.39, 0.29) is 6.04 Å². The molecule has 1 aromatic heterocycles. The Morgan fingerprint density at radius 3 is 2.47 bits per heavy atom. The summed E-state index contributed by atoms with van der Waals surface area (Å²) >= 11 is 6.22. The van der Waals surface area contributed by atoms with Crippen LogP contribution in [-0.4, -0.2) is 4.98 Å². The highest BCUT2D eigenvalue weighted by Crippen LogP contribution is 2.30. The first-order valence-electron chi connectivity index (χ1n) is 6.10. The Hall–Kier alpha value is -1.90. The standard InChI is InChI=1S/C16H13ClN2/c17-15-8-4-3-7-13(15)16(18)14-10-19-9-11-5-1-2-6-12(11)14/h1-10,16H,18H2. The van der Waals surface area contributed by atoms with Gasteiger partial charge < -0.3 is 5.73 Å². The molecule has 94 valence electrons. The van der Waals surface area contributed by atoms with Crippen LogP contribution in [0.1, 0.15) is 17.2 Å². The molecule has 0 bridgehead atoms. The van der Waals surface area contributed by atoms with Gasteiger partial charge in [0, 0.05) is 22.8 Å². The number of halogens is 1. The third kappa shape index (κ3) is 2.21. The Bertz CT molecular complexity index is 719. The molecule has 1 atom stereocenters. The Labute approximate surface area is 116 Å². The molecule has 0 aliphatic heterocycles. The summed E-state index contributed by atoms with van der Waals surface area (Å²) < 4.78 is 0. The van der Waals surface area contributed by atoms with Crippen LogP contribution in [0.2, 0.25) is 5.02 Å². The highest BCUT2D eigenvalue weighted by molar-refractivity contribution is 6.31. The van der Waals surface area contributed by atoms with E-state index in [4.69, 9.17) is 17.3 Å². The minimum absolute atomic E-state index is 0.271. The summed E-state index contributed by atoms with van der Waals surface area (Å²) in [5, 5.41) is 2.88. The average Bonchev–Trinajstić information content (AvgIpc) is 2.46. The first kappa shape index (κ1) is 12.2. The van der Waals surface area contributed by atoms with Crippen LogP contribution in [0.5, 0.6) is 0 Å². The van der Waals surface area contributed by atoms with Crippen LogP contribution in [-0.2, 0) is 0 Å². The molecule has 1 unspecified atom stereocenters. The van der Waals surface area contributed by atoms with Gasteiger partial charge in [0.15, 0.2) is 0 Å². The highest BCUT2D eigenvalue weighted by Gasteiger charge is 2.14. The monoisotopic (exact) mass is 268 g/mol. The molecule has 0 spiro atoms. The fourth-order valence-corrected chi connectivity index (χ4v) is 2.54. The van der Waals surface area contributed by atoms with E-state index in [1.54, 1.807) is 0 Å². The molecule has 0 saturated carbocycles.